The Balaban J connectivity index is 1.69. The van der Waals surface area contributed by atoms with E-state index in [1.54, 1.807) is 0 Å². The topological polar surface area (TPSA) is 66.8 Å². The van der Waals surface area contributed by atoms with Crippen molar-refractivity contribution in [2.24, 2.45) is 11.8 Å². The van der Waals surface area contributed by atoms with Crippen molar-refractivity contribution in [2.75, 3.05) is 0 Å². The molecular weight excluding hydrogens is 330 g/mol. The molecule has 0 aliphatic heterocycles. The first kappa shape index (κ1) is 18.1. The summed E-state index contributed by atoms with van der Waals surface area (Å²) in [6, 6.07) is 19.3. The number of carbonyl (C=O) groups is 2. The molecule has 0 unspecified atom stereocenters. The Morgan fingerprint density at radius 1 is 0.923 bits per heavy atom. The van der Waals surface area contributed by atoms with E-state index in [4.69, 9.17) is 4.84 Å². The number of aliphatic carboxylic acids is 1. The third-order valence-corrected chi connectivity index (χ3v) is 4.78. The molecule has 0 aromatic heterocycles. The van der Waals surface area contributed by atoms with Crippen molar-refractivity contribution in [1.29, 1.82) is 0 Å². The minimum absolute atomic E-state index is 0.131. The molecule has 0 spiro atoms. The first-order valence-electron chi connectivity index (χ1n) is 8.88. The average molecular weight is 353 g/mol. The van der Waals surface area contributed by atoms with E-state index in [-0.39, 0.29) is 11.8 Å². The molecular formula is C21H23NO4. The van der Waals surface area contributed by atoms with Crippen LogP contribution in [0, 0.1) is 11.8 Å². The van der Waals surface area contributed by atoms with Gasteiger partial charge in [-0.25, -0.2) is 5.06 Å². The molecule has 1 fully saturated rings. The van der Waals surface area contributed by atoms with Crippen molar-refractivity contribution < 1.29 is 19.5 Å². The molecule has 5 heteroatoms. The lowest BCUT2D eigenvalue weighted by atomic mass is 10.0. The number of hydrogen-bond acceptors (Lipinski definition) is 3. The molecule has 2 aromatic rings. The first-order valence-corrected chi connectivity index (χ1v) is 8.88. The lowest BCUT2D eigenvalue weighted by molar-refractivity contribution is -0.199. The van der Waals surface area contributed by atoms with E-state index >= 15 is 0 Å². The first-order chi connectivity index (χ1) is 12.6. The number of carboxylic acid groups (broad SMARTS) is 1. The minimum atomic E-state index is -0.819. The van der Waals surface area contributed by atoms with Gasteiger partial charge >= 0.3 is 5.97 Å². The van der Waals surface area contributed by atoms with Crippen molar-refractivity contribution in [2.45, 2.75) is 32.4 Å². The standard InChI is InChI=1S/C21H23NO4/c23-20(18-11-12-19(13-18)21(24)25)22(14-16-7-3-1-4-8-16)26-15-17-9-5-2-6-10-17/h1-10,18-19H,11-15H2,(H,24,25)/t18-,19+/m1/s1. The highest BCUT2D eigenvalue weighted by Gasteiger charge is 2.36. The van der Waals surface area contributed by atoms with Gasteiger partial charge in [-0.1, -0.05) is 60.7 Å². The van der Waals surface area contributed by atoms with Crippen LogP contribution in [-0.2, 0) is 27.6 Å². The molecule has 0 saturated heterocycles. The van der Waals surface area contributed by atoms with Gasteiger partial charge < -0.3 is 5.11 Å². The van der Waals surface area contributed by atoms with Crippen LogP contribution in [0.25, 0.3) is 0 Å². The molecule has 0 heterocycles. The summed E-state index contributed by atoms with van der Waals surface area (Å²) in [5.41, 5.74) is 1.95. The molecule has 136 valence electrons. The van der Waals surface area contributed by atoms with E-state index in [2.05, 4.69) is 0 Å². The second-order valence-corrected chi connectivity index (χ2v) is 6.66. The zero-order chi connectivity index (χ0) is 18.4. The minimum Gasteiger partial charge on any atom is -0.481 e. The van der Waals surface area contributed by atoms with Gasteiger partial charge in [0.15, 0.2) is 0 Å². The Bertz CT molecular complexity index is 732. The lowest BCUT2D eigenvalue weighted by Crippen LogP contribution is -2.35. The van der Waals surface area contributed by atoms with Crippen molar-refractivity contribution >= 4 is 11.9 Å². The molecule has 0 bridgehead atoms. The molecule has 26 heavy (non-hydrogen) atoms. The highest BCUT2D eigenvalue weighted by molar-refractivity contribution is 5.80. The number of hydroxylamine groups is 2. The molecule has 1 saturated carbocycles. The summed E-state index contributed by atoms with van der Waals surface area (Å²) in [4.78, 5) is 30.0. The van der Waals surface area contributed by atoms with Gasteiger partial charge in [-0.15, -0.1) is 0 Å². The molecule has 1 aliphatic carbocycles. The van der Waals surface area contributed by atoms with Gasteiger partial charge in [-0.2, -0.15) is 0 Å². The van der Waals surface area contributed by atoms with E-state index in [0.29, 0.717) is 32.4 Å². The van der Waals surface area contributed by atoms with Crippen LogP contribution in [0.2, 0.25) is 0 Å². The Morgan fingerprint density at radius 3 is 2.08 bits per heavy atom. The van der Waals surface area contributed by atoms with Crippen LogP contribution < -0.4 is 0 Å². The molecule has 0 radical (unpaired) electrons. The van der Waals surface area contributed by atoms with E-state index < -0.39 is 11.9 Å². The zero-order valence-corrected chi connectivity index (χ0v) is 14.6. The maximum atomic E-state index is 12.9. The van der Waals surface area contributed by atoms with Crippen LogP contribution in [0.4, 0.5) is 0 Å². The van der Waals surface area contributed by atoms with Crippen molar-refractivity contribution in [1.82, 2.24) is 5.06 Å². The van der Waals surface area contributed by atoms with Gasteiger partial charge in [0.05, 0.1) is 12.5 Å². The Labute approximate surface area is 153 Å². The third kappa shape index (κ3) is 4.70. The van der Waals surface area contributed by atoms with Crippen molar-refractivity contribution in [3.63, 3.8) is 0 Å². The highest BCUT2D eigenvalue weighted by atomic mass is 16.7. The lowest BCUT2D eigenvalue weighted by Gasteiger charge is -2.25. The second kappa shape index (κ2) is 8.63. The smallest absolute Gasteiger partial charge is 0.306 e. The Kier molecular flexibility index (Phi) is 6.02. The molecule has 3 rings (SSSR count). The fraction of sp³-hybridized carbons (Fsp3) is 0.333. The number of amides is 1. The van der Waals surface area contributed by atoms with E-state index in [1.807, 2.05) is 60.7 Å². The largest absolute Gasteiger partial charge is 0.481 e. The average Bonchev–Trinajstić information content (AvgIpc) is 3.17. The van der Waals surface area contributed by atoms with Crippen LogP contribution in [0.15, 0.2) is 60.7 Å². The van der Waals surface area contributed by atoms with Gasteiger partial charge in [0.2, 0.25) is 5.91 Å². The Morgan fingerprint density at radius 2 is 1.50 bits per heavy atom. The van der Waals surface area contributed by atoms with Gasteiger partial charge in [-0.05, 0) is 30.4 Å². The summed E-state index contributed by atoms with van der Waals surface area (Å²) in [5.74, 6) is -1.68. The predicted octanol–water partition coefficient (Wildman–Crippen LogP) is 3.65. The maximum absolute atomic E-state index is 12.9. The zero-order valence-electron chi connectivity index (χ0n) is 14.6. The maximum Gasteiger partial charge on any atom is 0.306 e. The fourth-order valence-electron chi connectivity index (χ4n) is 3.30. The van der Waals surface area contributed by atoms with Crippen LogP contribution >= 0.6 is 0 Å². The SMILES string of the molecule is O=C(O)[C@H]1CC[C@@H](C(=O)N(Cc2ccccc2)OCc2ccccc2)C1. The van der Waals surface area contributed by atoms with Crippen LogP contribution in [0.1, 0.15) is 30.4 Å². The van der Waals surface area contributed by atoms with Crippen LogP contribution in [0.5, 0.6) is 0 Å². The van der Waals surface area contributed by atoms with Gasteiger partial charge in [0.1, 0.15) is 6.61 Å². The summed E-state index contributed by atoms with van der Waals surface area (Å²) < 4.78 is 0. The number of benzene rings is 2. The summed E-state index contributed by atoms with van der Waals surface area (Å²) in [6.45, 7) is 0.648. The van der Waals surface area contributed by atoms with Crippen LogP contribution in [0.3, 0.4) is 0 Å². The second-order valence-electron chi connectivity index (χ2n) is 6.66. The predicted molar refractivity (Wildman–Crippen MR) is 96.7 cm³/mol. The van der Waals surface area contributed by atoms with Crippen molar-refractivity contribution in [3.8, 4) is 0 Å². The Hall–Kier alpha value is -2.66. The monoisotopic (exact) mass is 353 g/mol. The molecule has 1 N–H and O–H groups in total. The van der Waals surface area contributed by atoms with Gasteiger partial charge in [0.25, 0.3) is 0 Å². The fourth-order valence-corrected chi connectivity index (χ4v) is 3.30. The summed E-state index contributed by atoms with van der Waals surface area (Å²) >= 11 is 0. The number of carboxylic acids is 1. The normalized spacial score (nSPS) is 19.2. The van der Waals surface area contributed by atoms with Gasteiger partial charge in [-0.3, -0.25) is 14.4 Å². The third-order valence-electron chi connectivity index (χ3n) is 4.78. The van der Waals surface area contributed by atoms with E-state index in [9.17, 15) is 14.7 Å². The number of rotatable bonds is 7. The van der Waals surface area contributed by atoms with Crippen LogP contribution in [-0.4, -0.2) is 22.0 Å². The quantitative estimate of drug-likeness (QED) is 0.772. The molecule has 5 nitrogen and oxygen atoms in total. The van der Waals surface area contributed by atoms with Crippen molar-refractivity contribution in [3.05, 3.63) is 71.8 Å². The highest BCUT2D eigenvalue weighted by Crippen LogP contribution is 2.33. The number of nitrogens with zero attached hydrogens (tertiary/aromatic N) is 1. The summed E-state index contributed by atoms with van der Waals surface area (Å²) in [7, 11) is 0. The summed E-state index contributed by atoms with van der Waals surface area (Å²) in [6.07, 6.45) is 1.52. The number of hydrogen-bond donors (Lipinski definition) is 1. The summed E-state index contributed by atoms with van der Waals surface area (Å²) in [5, 5.41) is 10.6. The molecule has 2 atom stereocenters. The van der Waals surface area contributed by atoms with Gasteiger partial charge in [0, 0.05) is 5.92 Å². The van der Waals surface area contributed by atoms with E-state index in [0.717, 1.165) is 11.1 Å². The molecule has 1 aliphatic rings. The number of carbonyl (C=O) groups excluding carboxylic acids is 1. The molecule has 2 aromatic carbocycles. The molecule has 1 amide bonds. The van der Waals surface area contributed by atoms with E-state index in [1.165, 1.54) is 5.06 Å².